The molecule has 7 heteroatoms. The van der Waals surface area contributed by atoms with Crippen LogP contribution in [0.4, 0.5) is 0 Å². The Labute approximate surface area is 187 Å². The number of amides is 1. The molecule has 0 radical (unpaired) electrons. The molecule has 1 heterocycles. The number of carboxylic acids is 1. The minimum Gasteiger partial charge on any atom is -0.481 e. The highest BCUT2D eigenvalue weighted by Crippen LogP contribution is 2.21. The second-order valence-electron chi connectivity index (χ2n) is 8.05. The molecule has 7 nitrogen and oxygen atoms in total. The molecule has 0 fully saturated rings. The maximum Gasteiger partial charge on any atom is 0.306 e. The van der Waals surface area contributed by atoms with Gasteiger partial charge >= 0.3 is 5.97 Å². The average molecular weight is 437 g/mol. The highest BCUT2D eigenvalue weighted by Gasteiger charge is 2.22. The molecule has 32 heavy (non-hydrogen) atoms. The summed E-state index contributed by atoms with van der Waals surface area (Å²) in [4.78, 5) is 24.2. The summed E-state index contributed by atoms with van der Waals surface area (Å²) in [5, 5.41) is 31.1. The molecule has 3 rings (SSSR count). The summed E-state index contributed by atoms with van der Waals surface area (Å²) in [6, 6.07) is 19.0. The fraction of sp³-hybridized carbons (Fsp3) is 0.280. The van der Waals surface area contributed by atoms with E-state index >= 15 is 0 Å². The van der Waals surface area contributed by atoms with Gasteiger partial charge in [0.2, 0.25) is 0 Å². The maximum atomic E-state index is 12.8. The van der Waals surface area contributed by atoms with Crippen molar-refractivity contribution >= 4 is 11.9 Å². The number of carbonyl (C=O) groups is 2. The average Bonchev–Trinajstić information content (AvgIpc) is 3.17. The molecule has 0 bridgehead atoms. The zero-order valence-corrected chi connectivity index (χ0v) is 18.1. The van der Waals surface area contributed by atoms with Crippen LogP contribution in [0.3, 0.4) is 0 Å². The number of carboxylic acid groups (broad SMARTS) is 1. The molecule has 1 aromatic heterocycles. The van der Waals surface area contributed by atoms with Gasteiger partial charge in [-0.3, -0.25) is 9.59 Å². The van der Waals surface area contributed by atoms with Crippen molar-refractivity contribution in [3.05, 3.63) is 83.7 Å². The summed E-state index contributed by atoms with van der Waals surface area (Å²) in [7, 11) is 1.61. The predicted molar refractivity (Wildman–Crippen MR) is 121 cm³/mol. The van der Waals surface area contributed by atoms with Gasteiger partial charge in [0.05, 0.1) is 17.2 Å². The molecule has 168 valence electrons. The number of hydrogen-bond acceptors (Lipinski definition) is 4. The van der Waals surface area contributed by atoms with Crippen molar-refractivity contribution in [1.29, 1.82) is 0 Å². The Bertz CT molecular complexity index is 1060. The number of rotatable bonds is 9. The molecule has 3 aromatic rings. The van der Waals surface area contributed by atoms with Crippen LogP contribution in [0.1, 0.15) is 41.2 Å². The summed E-state index contributed by atoms with van der Waals surface area (Å²) in [6.07, 6.45) is 0.564. The van der Waals surface area contributed by atoms with Crippen LogP contribution in [0.25, 0.3) is 11.1 Å². The standard InChI is InChI=1S/C25H28N2O5/c1-16(24(29)30)12-21(26-23(28)20-14-22(25(31)32)27(2)15-20)13-17-8-10-19(11-9-17)18-6-4-3-5-7-18/h3-11,14-16,21,25,31-32H,12-13H2,1-2H3,(H,26,28)(H,29,30)/t16-,21?/m1/s1. The lowest BCUT2D eigenvalue weighted by Gasteiger charge is -2.21. The van der Waals surface area contributed by atoms with Crippen molar-refractivity contribution in [3.63, 3.8) is 0 Å². The lowest BCUT2D eigenvalue weighted by atomic mass is 9.94. The van der Waals surface area contributed by atoms with E-state index in [1.54, 1.807) is 14.0 Å². The molecule has 0 saturated carbocycles. The number of hydrogen-bond donors (Lipinski definition) is 4. The van der Waals surface area contributed by atoms with E-state index in [0.717, 1.165) is 16.7 Å². The van der Waals surface area contributed by atoms with Crippen LogP contribution in [0.15, 0.2) is 66.9 Å². The van der Waals surface area contributed by atoms with Gasteiger partial charge in [0.15, 0.2) is 6.29 Å². The summed E-state index contributed by atoms with van der Waals surface area (Å²) in [6.45, 7) is 1.61. The van der Waals surface area contributed by atoms with E-state index in [4.69, 9.17) is 0 Å². The molecule has 4 N–H and O–H groups in total. The van der Waals surface area contributed by atoms with E-state index in [-0.39, 0.29) is 17.7 Å². The van der Waals surface area contributed by atoms with Crippen LogP contribution in [0, 0.1) is 5.92 Å². The molecule has 0 spiro atoms. The molecule has 0 aliphatic rings. The minimum absolute atomic E-state index is 0.196. The van der Waals surface area contributed by atoms with E-state index in [9.17, 15) is 24.9 Å². The van der Waals surface area contributed by atoms with Crippen molar-refractivity contribution in [2.75, 3.05) is 0 Å². The van der Waals surface area contributed by atoms with Crippen LogP contribution >= 0.6 is 0 Å². The van der Waals surface area contributed by atoms with Crippen LogP contribution in [-0.4, -0.2) is 37.8 Å². The number of carbonyl (C=O) groups excluding carboxylic acids is 1. The van der Waals surface area contributed by atoms with Crippen LogP contribution < -0.4 is 5.32 Å². The second kappa shape index (κ2) is 10.3. The summed E-state index contributed by atoms with van der Waals surface area (Å²) in [5.74, 6) is -1.94. The Kier molecular flexibility index (Phi) is 7.45. The Morgan fingerprint density at radius 3 is 2.19 bits per heavy atom. The molecule has 0 saturated heterocycles. The molecule has 1 unspecified atom stereocenters. The fourth-order valence-corrected chi connectivity index (χ4v) is 3.70. The third-order valence-electron chi connectivity index (χ3n) is 5.51. The smallest absolute Gasteiger partial charge is 0.306 e. The summed E-state index contributed by atoms with van der Waals surface area (Å²) >= 11 is 0. The van der Waals surface area contributed by atoms with Gasteiger partial charge in [-0.25, -0.2) is 0 Å². The van der Waals surface area contributed by atoms with E-state index in [1.165, 1.54) is 16.8 Å². The van der Waals surface area contributed by atoms with Crippen molar-refractivity contribution in [2.45, 2.75) is 32.1 Å². The highest BCUT2D eigenvalue weighted by atomic mass is 16.5. The van der Waals surface area contributed by atoms with Crippen molar-refractivity contribution in [1.82, 2.24) is 9.88 Å². The lowest BCUT2D eigenvalue weighted by molar-refractivity contribution is -0.141. The number of nitrogens with one attached hydrogen (secondary N) is 1. The second-order valence-corrected chi connectivity index (χ2v) is 8.05. The van der Waals surface area contributed by atoms with Gasteiger partial charge in [-0.2, -0.15) is 0 Å². The van der Waals surface area contributed by atoms with E-state index < -0.39 is 30.1 Å². The number of aliphatic carboxylic acids is 1. The van der Waals surface area contributed by atoms with Gasteiger partial charge in [0.1, 0.15) is 0 Å². The molecule has 2 aromatic carbocycles. The van der Waals surface area contributed by atoms with E-state index in [0.29, 0.717) is 6.42 Å². The summed E-state index contributed by atoms with van der Waals surface area (Å²) in [5.41, 5.74) is 3.64. The Hall–Kier alpha value is -3.42. The zero-order chi connectivity index (χ0) is 23.3. The molecule has 0 aliphatic carbocycles. The quantitative estimate of drug-likeness (QED) is 0.385. The third kappa shape index (κ3) is 5.84. The van der Waals surface area contributed by atoms with Gasteiger partial charge in [0, 0.05) is 19.3 Å². The van der Waals surface area contributed by atoms with Gasteiger partial charge < -0.3 is 25.2 Å². The Morgan fingerprint density at radius 2 is 1.62 bits per heavy atom. The number of aromatic nitrogens is 1. The zero-order valence-electron chi connectivity index (χ0n) is 18.1. The van der Waals surface area contributed by atoms with Gasteiger partial charge in [-0.05, 0) is 35.6 Å². The van der Waals surface area contributed by atoms with Gasteiger partial charge in [0.25, 0.3) is 5.91 Å². The Morgan fingerprint density at radius 1 is 1.00 bits per heavy atom. The SMILES string of the molecule is C[C@H](CC(Cc1ccc(-c2ccccc2)cc1)NC(=O)c1cc(C(O)O)n(C)c1)C(=O)O. The van der Waals surface area contributed by atoms with Gasteiger partial charge in [-0.15, -0.1) is 0 Å². The number of nitrogens with zero attached hydrogens (tertiary/aromatic N) is 1. The van der Waals surface area contributed by atoms with Crippen LogP contribution in [0.2, 0.25) is 0 Å². The largest absolute Gasteiger partial charge is 0.481 e. The highest BCUT2D eigenvalue weighted by molar-refractivity contribution is 5.94. The molecular formula is C25H28N2O5. The molecule has 2 atom stereocenters. The van der Waals surface area contributed by atoms with Crippen molar-refractivity contribution < 1.29 is 24.9 Å². The predicted octanol–water partition coefficient (Wildman–Crippen LogP) is 3.13. The third-order valence-corrected chi connectivity index (χ3v) is 5.51. The minimum atomic E-state index is -1.69. The lowest BCUT2D eigenvalue weighted by Crippen LogP contribution is -2.38. The first-order chi connectivity index (χ1) is 15.2. The molecular weight excluding hydrogens is 408 g/mol. The fourth-order valence-electron chi connectivity index (χ4n) is 3.70. The van der Waals surface area contributed by atoms with E-state index in [2.05, 4.69) is 5.32 Å². The maximum absolute atomic E-state index is 12.8. The van der Waals surface area contributed by atoms with Crippen LogP contribution in [-0.2, 0) is 18.3 Å². The summed E-state index contributed by atoms with van der Waals surface area (Å²) < 4.78 is 1.47. The van der Waals surface area contributed by atoms with Gasteiger partial charge in [-0.1, -0.05) is 61.5 Å². The number of aliphatic hydroxyl groups excluding tert-OH is 1. The number of aliphatic hydroxyl groups is 2. The first kappa shape index (κ1) is 23.2. The van der Waals surface area contributed by atoms with E-state index in [1.807, 2.05) is 54.6 Å². The first-order valence-corrected chi connectivity index (χ1v) is 10.4. The number of benzene rings is 2. The number of aryl methyl sites for hydroxylation is 1. The monoisotopic (exact) mass is 436 g/mol. The molecule has 1 amide bonds. The molecule has 0 aliphatic heterocycles. The van der Waals surface area contributed by atoms with Crippen LogP contribution in [0.5, 0.6) is 0 Å². The topological polar surface area (TPSA) is 112 Å². The van der Waals surface area contributed by atoms with Crippen molar-refractivity contribution in [3.8, 4) is 11.1 Å². The normalized spacial score (nSPS) is 13.0. The Balaban J connectivity index is 1.76. The first-order valence-electron chi connectivity index (χ1n) is 10.4. The van der Waals surface area contributed by atoms with Crippen molar-refractivity contribution in [2.24, 2.45) is 13.0 Å².